The number of nitrogens with zero attached hydrogens (tertiary/aromatic N) is 1. The lowest BCUT2D eigenvalue weighted by atomic mass is 10.5. The third-order valence-electron chi connectivity index (χ3n) is 1.02. The van der Waals surface area contributed by atoms with Crippen molar-refractivity contribution in [3.05, 3.63) is 0 Å². The molecule has 0 saturated carbocycles. The number of carbonyl (C=O) groups excluding carboxylic acids is 1. The largest absolute Gasteiger partial charge is 0.401 e. The molecule has 0 atom stereocenters. The van der Waals surface area contributed by atoms with Gasteiger partial charge in [-0.2, -0.15) is 13.2 Å². The van der Waals surface area contributed by atoms with Crippen LogP contribution in [0.1, 0.15) is 0 Å². The predicted molar refractivity (Wildman–Crippen MR) is 35.9 cm³/mol. The Morgan fingerprint density at radius 3 is 2.42 bits per heavy atom. The van der Waals surface area contributed by atoms with E-state index in [1.165, 1.54) is 7.05 Å². The minimum atomic E-state index is -4.29. The average molecular weight is 185 g/mol. The number of hydrogen-bond acceptors (Lipinski definition) is 3. The Labute approximate surface area is 67.5 Å². The zero-order valence-electron chi connectivity index (χ0n) is 6.48. The molecule has 1 amide bonds. The van der Waals surface area contributed by atoms with Crippen molar-refractivity contribution in [1.82, 2.24) is 10.3 Å². The maximum absolute atomic E-state index is 11.7. The van der Waals surface area contributed by atoms with E-state index in [9.17, 15) is 18.0 Å². The van der Waals surface area contributed by atoms with Gasteiger partial charge < -0.3 is 0 Å². The number of amides is 1. The molecule has 0 radical (unpaired) electrons. The highest BCUT2D eigenvalue weighted by Crippen LogP contribution is 2.14. The molecular weight excluding hydrogens is 175 g/mol. The van der Waals surface area contributed by atoms with Gasteiger partial charge in [-0.25, -0.2) is 5.84 Å². The molecule has 0 aromatic carbocycles. The van der Waals surface area contributed by atoms with E-state index in [1.54, 1.807) is 5.43 Å². The van der Waals surface area contributed by atoms with Crippen LogP contribution in [-0.2, 0) is 4.79 Å². The molecular formula is C5H10F3N3O. The van der Waals surface area contributed by atoms with E-state index in [-0.39, 0.29) is 6.54 Å². The van der Waals surface area contributed by atoms with Crippen molar-refractivity contribution in [2.75, 3.05) is 20.1 Å². The molecule has 12 heavy (non-hydrogen) atoms. The van der Waals surface area contributed by atoms with E-state index in [4.69, 9.17) is 0 Å². The van der Waals surface area contributed by atoms with Gasteiger partial charge in [0.1, 0.15) is 0 Å². The van der Waals surface area contributed by atoms with E-state index < -0.39 is 18.6 Å². The molecule has 0 spiro atoms. The Hall–Kier alpha value is -0.820. The fourth-order valence-corrected chi connectivity index (χ4v) is 0.653. The van der Waals surface area contributed by atoms with Crippen LogP contribution in [0.3, 0.4) is 0 Å². The monoisotopic (exact) mass is 185 g/mol. The molecule has 0 aliphatic heterocycles. The van der Waals surface area contributed by atoms with Gasteiger partial charge in [-0.05, 0) is 7.05 Å². The Morgan fingerprint density at radius 1 is 1.58 bits per heavy atom. The quantitative estimate of drug-likeness (QED) is 0.353. The minimum Gasteiger partial charge on any atom is -0.293 e. The lowest BCUT2D eigenvalue weighted by Gasteiger charge is -2.16. The lowest BCUT2D eigenvalue weighted by molar-refractivity contribution is -0.145. The molecule has 0 aromatic heterocycles. The van der Waals surface area contributed by atoms with Crippen molar-refractivity contribution in [3.63, 3.8) is 0 Å². The van der Waals surface area contributed by atoms with Gasteiger partial charge in [-0.15, -0.1) is 0 Å². The van der Waals surface area contributed by atoms with Gasteiger partial charge >= 0.3 is 6.18 Å². The van der Waals surface area contributed by atoms with Crippen LogP contribution >= 0.6 is 0 Å². The molecule has 0 rings (SSSR count). The number of nitrogens with two attached hydrogens (primary N) is 1. The van der Waals surface area contributed by atoms with Crippen LogP contribution in [0.25, 0.3) is 0 Å². The fourth-order valence-electron chi connectivity index (χ4n) is 0.653. The van der Waals surface area contributed by atoms with Crippen LogP contribution in [0.5, 0.6) is 0 Å². The highest BCUT2D eigenvalue weighted by atomic mass is 19.4. The van der Waals surface area contributed by atoms with E-state index in [2.05, 4.69) is 5.84 Å². The molecule has 7 heteroatoms. The van der Waals surface area contributed by atoms with E-state index >= 15 is 0 Å². The average Bonchev–Trinajstić information content (AvgIpc) is 1.82. The maximum Gasteiger partial charge on any atom is 0.401 e. The first kappa shape index (κ1) is 11.2. The smallest absolute Gasteiger partial charge is 0.293 e. The highest BCUT2D eigenvalue weighted by molar-refractivity contribution is 5.77. The molecule has 0 unspecified atom stereocenters. The van der Waals surface area contributed by atoms with Crippen LogP contribution in [-0.4, -0.2) is 37.1 Å². The Balaban J connectivity index is 3.74. The van der Waals surface area contributed by atoms with Gasteiger partial charge in [0, 0.05) is 0 Å². The van der Waals surface area contributed by atoms with Gasteiger partial charge in [0.15, 0.2) is 0 Å². The summed E-state index contributed by atoms with van der Waals surface area (Å²) in [4.78, 5) is 11.3. The second-order valence-electron chi connectivity index (χ2n) is 2.35. The number of alkyl halides is 3. The van der Waals surface area contributed by atoms with Gasteiger partial charge in [0.25, 0.3) is 0 Å². The van der Waals surface area contributed by atoms with Crippen molar-refractivity contribution in [1.29, 1.82) is 0 Å². The summed E-state index contributed by atoms with van der Waals surface area (Å²) in [6.07, 6.45) is -4.29. The van der Waals surface area contributed by atoms with Crippen LogP contribution < -0.4 is 11.3 Å². The Morgan fingerprint density at radius 2 is 2.08 bits per heavy atom. The van der Waals surface area contributed by atoms with Crippen molar-refractivity contribution >= 4 is 5.91 Å². The number of carbonyl (C=O) groups is 1. The van der Waals surface area contributed by atoms with Gasteiger partial charge in [-0.1, -0.05) is 0 Å². The summed E-state index contributed by atoms with van der Waals surface area (Å²) in [6, 6.07) is 0. The molecule has 0 aromatic rings. The number of halogens is 3. The summed E-state index contributed by atoms with van der Waals surface area (Å²) >= 11 is 0. The number of likely N-dealkylation sites (N-methyl/N-ethyl adjacent to an activating group) is 1. The summed E-state index contributed by atoms with van der Waals surface area (Å²) < 4.78 is 35.0. The molecule has 4 nitrogen and oxygen atoms in total. The number of hydrazine groups is 1. The Kier molecular flexibility index (Phi) is 3.98. The molecule has 3 N–H and O–H groups in total. The van der Waals surface area contributed by atoms with E-state index in [0.29, 0.717) is 0 Å². The van der Waals surface area contributed by atoms with Gasteiger partial charge in [-0.3, -0.25) is 15.1 Å². The third-order valence-corrected chi connectivity index (χ3v) is 1.02. The molecule has 72 valence electrons. The molecule has 0 saturated heterocycles. The number of rotatable bonds is 3. The molecule has 0 heterocycles. The first-order valence-corrected chi connectivity index (χ1v) is 3.10. The molecule has 0 aliphatic carbocycles. The first-order chi connectivity index (χ1) is 5.35. The normalized spacial score (nSPS) is 11.8. The zero-order chi connectivity index (χ0) is 9.78. The standard InChI is InChI=1S/C5H10F3N3O/c1-11(2-4(12)10-9)3-5(6,7)8/h2-3,9H2,1H3,(H,10,12). The van der Waals surface area contributed by atoms with E-state index in [1.807, 2.05) is 0 Å². The lowest BCUT2D eigenvalue weighted by Crippen LogP contribution is -2.41. The summed E-state index contributed by atoms with van der Waals surface area (Å²) in [6.45, 7) is -1.49. The van der Waals surface area contributed by atoms with Gasteiger partial charge in [0.05, 0.1) is 13.1 Å². The van der Waals surface area contributed by atoms with E-state index in [0.717, 1.165) is 4.90 Å². The zero-order valence-corrected chi connectivity index (χ0v) is 6.48. The van der Waals surface area contributed by atoms with Gasteiger partial charge in [0.2, 0.25) is 5.91 Å². The highest BCUT2D eigenvalue weighted by Gasteiger charge is 2.29. The second kappa shape index (κ2) is 4.27. The van der Waals surface area contributed by atoms with Crippen LogP contribution in [0.4, 0.5) is 13.2 Å². The minimum absolute atomic E-state index is 0.365. The van der Waals surface area contributed by atoms with Crippen molar-refractivity contribution < 1.29 is 18.0 Å². The van der Waals surface area contributed by atoms with Crippen LogP contribution in [0.15, 0.2) is 0 Å². The number of hydrogen-bond donors (Lipinski definition) is 2. The van der Waals surface area contributed by atoms with Crippen molar-refractivity contribution in [2.45, 2.75) is 6.18 Å². The SMILES string of the molecule is CN(CC(=O)NN)CC(F)(F)F. The molecule has 0 fully saturated rings. The summed E-state index contributed by atoms with van der Waals surface area (Å²) in [5.74, 6) is 4.03. The third kappa shape index (κ3) is 5.93. The topological polar surface area (TPSA) is 58.4 Å². The number of nitrogens with one attached hydrogen (secondary N) is 1. The summed E-state index contributed by atoms with van der Waals surface area (Å²) in [5.41, 5.74) is 1.73. The van der Waals surface area contributed by atoms with Crippen molar-refractivity contribution in [2.24, 2.45) is 5.84 Å². The fraction of sp³-hybridized carbons (Fsp3) is 0.800. The van der Waals surface area contributed by atoms with Crippen molar-refractivity contribution in [3.8, 4) is 0 Å². The van der Waals surface area contributed by atoms with Crippen LogP contribution in [0.2, 0.25) is 0 Å². The summed E-state index contributed by atoms with van der Waals surface area (Å²) in [5, 5.41) is 0. The maximum atomic E-state index is 11.7. The Bertz CT molecular complexity index is 159. The summed E-state index contributed by atoms with van der Waals surface area (Å²) in [7, 11) is 1.18. The molecule has 0 bridgehead atoms. The van der Waals surface area contributed by atoms with Crippen LogP contribution in [0, 0.1) is 0 Å². The first-order valence-electron chi connectivity index (χ1n) is 3.10. The molecule has 0 aliphatic rings. The second-order valence-corrected chi connectivity index (χ2v) is 2.35. The predicted octanol–water partition coefficient (Wildman–Crippen LogP) is -0.530.